The molecule has 1 heterocycles. The van der Waals surface area contributed by atoms with Crippen LogP contribution >= 0.6 is 0 Å². The zero-order chi connectivity index (χ0) is 37.4. The summed E-state index contributed by atoms with van der Waals surface area (Å²) in [4.78, 5) is 48.8. The summed E-state index contributed by atoms with van der Waals surface area (Å²) in [6.45, 7) is 18.2. The van der Waals surface area contributed by atoms with Gasteiger partial charge in [-0.25, -0.2) is 0 Å². The molecule has 50 heavy (non-hydrogen) atoms. The lowest BCUT2D eigenvalue weighted by molar-refractivity contribution is -0.367. The predicted molar refractivity (Wildman–Crippen MR) is 190 cm³/mol. The number of hydrogen-bond acceptors (Lipinski definition) is 10. The fraction of sp³-hybridized carbons (Fsp3) is 0.538. The lowest BCUT2D eigenvalue weighted by Gasteiger charge is -2.50. The Morgan fingerprint density at radius 1 is 0.760 bits per heavy atom. The summed E-state index contributed by atoms with van der Waals surface area (Å²) in [6, 6.07) is 15.5. The maximum atomic E-state index is 12.5. The minimum atomic E-state index is -1.87. The van der Waals surface area contributed by atoms with Crippen LogP contribution < -0.4 is 0 Å². The van der Waals surface area contributed by atoms with E-state index in [0.717, 1.165) is 16.7 Å². The molecule has 1 saturated heterocycles. The molecule has 2 aromatic rings. The largest absolute Gasteiger partial charge is 0.463 e. The van der Waals surface area contributed by atoms with Crippen molar-refractivity contribution in [2.75, 3.05) is 13.7 Å². The lowest BCUT2D eigenvalue weighted by atomic mass is 9.86. The van der Waals surface area contributed by atoms with Crippen molar-refractivity contribution in [2.45, 2.75) is 122 Å². The third-order valence-corrected chi connectivity index (χ3v) is 15.6. The van der Waals surface area contributed by atoms with Crippen LogP contribution in [-0.2, 0) is 59.8 Å². The molecule has 0 saturated carbocycles. The Morgan fingerprint density at radius 3 is 1.82 bits per heavy atom. The molecular formula is C39H52O10Si. The summed E-state index contributed by atoms with van der Waals surface area (Å²) in [5, 5.41) is 0. The van der Waals surface area contributed by atoms with E-state index in [1.807, 2.05) is 30.3 Å². The van der Waals surface area contributed by atoms with Gasteiger partial charge in [-0.05, 0) is 52.4 Å². The Hall–Kier alpha value is -3.98. The van der Waals surface area contributed by atoms with E-state index in [2.05, 4.69) is 65.1 Å². The second-order valence-electron chi connectivity index (χ2n) is 13.7. The first-order chi connectivity index (χ1) is 23.5. The summed E-state index contributed by atoms with van der Waals surface area (Å²) in [6.07, 6.45) is -4.72. The Labute approximate surface area is 297 Å². The van der Waals surface area contributed by atoms with Gasteiger partial charge in [0, 0.05) is 45.9 Å². The van der Waals surface area contributed by atoms with Crippen LogP contribution in [0.25, 0.3) is 0 Å². The van der Waals surface area contributed by atoms with Gasteiger partial charge in [0.05, 0.1) is 0 Å². The highest BCUT2D eigenvalue weighted by Gasteiger charge is 2.61. The molecule has 1 aliphatic rings. The summed E-state index contributed by atoms with van der Waals surface area (Å²) < 4.78 is 34.7. The Kier molecular flexibility index (Phi) is 14.0. The highest BCUT2D eigenvalue weighted by Crippen LogP contribution is 2.44. The van der Waals surface area contributed by atoms with Crippen LogP contribution in [0.2, 0.25) is 16.6 Å². The maximum Gasteiger partial charge on any atom is 0.303 e. The van der Waals surface area contributed by atoms with Gasteiger partial charge >= 0.3 is 23.9 Å². The van der Waals surface area contributed by atoms with E-state index in [-0.39, 0.29) is 6.61 Å². The number of benzene rings is 2. The van der Waals surface area contributed by atoms with Crippen LogP contribution in [0.5, 0.6) is 0 Å². The van der Waals surface area contributed by atoms with Gasteiger partial charge in [-0.15, -0.1) is 5.54 Å². The second kappa shape index (κ2) is 17.3. The molecule has 272 valence electrons. The van der Waals surface area contributed by atoms with Crippen molar-refractivity contribution >= 4 is 32.0 Å². The average molecular weight is 709 g/mol. The molecule has 0 unspecified atom stereocenters. The highest BCUT2D eigenvalue weighted by molar-refractivity contribution is 6.90. The van der Waals surface area contributed by atoms with Crippen molar-refractivity contribution in [3.8, 4) is 11.5 Å². The van der Waals surface area contributed by atoms with Crippen LogP contribution in [0.15, 0.2) is 48.5 Å². The molecule has 11 heteroatoms. The molecule has 0 aliphatic carbocycles. The molecule has 2 aromatic carbocycles. The van der Waals surface area contributed by atoms with E-state index in [1.54, 1.807) is 6.07 Å². The maximum absolute atomic E-state index is 12.5. The lowest BCUT2D eigenvalue weighted by Crippen LogP contribution is -2.67. The zero-order valence-electron chi connectivity index (χ0n) is 31.2. The van der Waals surface area contributed by atoms with Crippen LogP contribution in [0.3, 0.4) is 0 Å². The van der Waals surface area contributed by atoms with E-state index in [1.165, 1.54) is 34.8 Å². The standard InChI is InChI=1S/C39H52O10Si/c1-24(2)50(25(3)4,26(5)6)20-19-31-15-17-32(18-16-31)21-33-13-12-14-34(22-33)39(44-11)38(48-30(10)43)37(47-29(9)42)36(46-28(8)41)35(49-39)23-45-27(7)40/h12-18,22,24-26,35-38H,21,23H2,1-11H3/t35-,36-,37+,38-,39+/m1/s1. The Morgan fingerprint density at radius 2 is 1.32 bits per heavy atom. The highest BCUT2D eigenvalue weighted by atomic mass is 28.3. The molecule has 0 bridgehead atoms. The van der Waals surface area contributed by atoms with Crippen molar-refractivity contribution in [3.05, 3.63) is 70.8 Å². The SMILES string of the molecule is CO[C@@]1(c2cccc(Cc3ccc(C#C[Si](C(C)C)(C(C)C)C(C)C)cc3)c2)O[C@H](COC(C)=O)[C@@H](OC(C)=O)[C@H](OC(C)=O)[C@H]1OC(C)=O. The van der Waals surface area contributed by atoms with E-state index >= 15 is 0 Å². The van der Waals surface area contributed by atoms with Gasteiger partial charge in [-0.3, -0.25) is 19.2 Å². The number of carbonyl (C=O) groups is 4. The van der Waals surface area contributed by atoms with Gasteiger partial charge in [-0.2, -0.15) is 0 Å². The quantitative estimate of drug-likeness (QED) is 0.106. The van der Waals surface area contributed by atoms with E-state index in [4.69, 9.17) is 28.4 Å². The minimum absolute atomic E-state index is 0.368. The third kappa shape index (κ3) is 9.41. The molecule has 0 amide bonds. The number of esters is 4. The van der Waals surface area contributed by atoms with Crippen LogP contribution in [0.4, 0.5) is 0 Å². The molecule has 10 nitrogen and oxygen atoms in total. The summed E-state index contributed by atoms with van der Waals surface area (Å²) in [7, 11) is -0.511. The predicted octanol–water partition coefficient (Wildman–Crippen LogP) is 6.40. The summed E-state index contributed by atoms with van der Waals surface area (Å²) >= 11 is 0. The van der Waals surface area contributed by atoms with Gasteiger partial charge in [-0.1, -0.05) is 77.8 Å². The van der Waals surface area contributed by atoms with Gasteiger partial charge < -0.3 is 28.4 Å². The normalized spacial score (nSPS) is 22.0. The molecule has 0 N–H and O–H groups in total. The second-order valence-corrected chi connectivity index (χ2v) is 19.3. The molecular weight excluding hydrogens is 657 g/mol. The smallest absolute Gasteiger partial charge is 0.303 e. The molecule has 5 atom stereocenters. The minimum Gasteiger partial charge on any atom is -0.463 e. The van der Waals surface area contributed by atoms with Crippen molar-refractivity contribution in [1.82, 2.24) is 0 Å². The van der Waals surface area contributed by atoms with Crippen molar-refractivity contribution in [3.63, 3.8) is 0 Å². The third-order valence-electron chi connectivity index (χ3n) is 9.32. The average Bonchev–Trinajstić information content (AvgIpc) is 3.02. The van der Waals surface area contributed by atoms with Crippen molar-refractivity contribution < 1.29 is 47.6 Å². The number of carbonyl (C=O) groups excluding carboxylic acids is 4. The number of hydrogen-bond donors (Lipinski definition) is 0. The zero-order valence-corrected chi connectivity index (χ0v) is 32.2. The van der Waals surface area contributed by atoms with Crippen LogP contribution in [0, 0.1) is 11.5 Å². The summed E-state index contributed by atoms with van der Waals surface area (Å²) in [5.41, 5.74) is 8.74. The molecule has 0 radical (unpaired) electrons. The number of methoxy groups -OCH3 is 1. The first-order valence-corrected chi connectivity index (χ1v) is 19.3. The van der Waals surface area contributed by atoms with Crippen LogP contribution in [-0.4, -0.2) is 70.1 Å². The monoisotopic (exact) mass is 708 g/mol. The Bertz CT molecular complexity index is 1550. The molecule has 1 aliphatic heterocycles. The van der Waals surface area contributed by atoms with Gasteiger partial charge in [0.2, 0.25) is 11.9 Å². The van der Waals surface area contributed by atoms with E-state index < -0.39 is 62.2 Å². The van der Waals surface area contributed by atoms with Crippen molar-refractivity contribution in [2.24, 2.45) is 0 Å². The molecule has 0 spiro atoms. The van der Waals surface area contributed by atoms with Gasteiger partial charge in [0.1, 0.15) is 20.8 Å². The topological polar surface area (TPSA) is 124 Å². The first kappa shape index (κ1) is 40.4. The fourth-order valence-electron chi connectivity index (χ4n) is 7.23. The number of ether oxygens (including phenoxy) is 6. The van der Waals surface area contributed by atoms with Crippen LogP contribution in [0.1, 0.15) is 91.5 Å². The van der Waals surface area contributed by atoms with Gasteiger partial charge in [0.25, 0.3) is 0 Å². The van der Waals surface area contributed by atoms with Gasteiger partial charge in [0.15, 0.2) is 12.2 Å². The van der Waals surface area contributed by atoms with E-state index in [9.17, 15) is 19.2 Å². The first-order valence-electron chi connectivity index (χ1n) is 17.1. The van der Waals surface area contributed by atoms with E-state index in [0.29, 0.717) is 28.6 Å². The summed E-state index contributed by atoms with van der Waals surface area (Å²) in [5.74, 6) is -1.12. The molecule has 3 rings (SSSR count). The Balaban J connectivity index is 2.05. The number of rotatable bonds is 12. The van der Waals surface area contributed by atoms with Crippen molar-refractivity contribution in [1.29, 1.82) is 0 Å². The molecule has 1 fully saturated rings. The molecule has 0 aromatic heterocycles. The fourth-order valence-corrected chi connectivity index (χ4v) is 12.5.